The fourth-order valence-corrected chi connectivity index (χ4v) is 1.63. The van der Waals surface area contributed by atoms with Crippen molar-refractivity contribution in [1.29, 1.82) is 0 Å². The maximum Gasteiger partial charge on any atom is 0.237 e. The lowest BCUT2D eigenvalue weighted by atomic mass is 10.1. The SMILES string of the molecule is CCC(CC)NC(=O)C(C)NCCCN(C)C. The molecule has 2 N–H and O–H groups in total. The second-order valence-electron chi connectivity index (χ2n) is 4.85. The average Bonchev–Trinajstić information content (AvgIpc) is 2.30. The molecule has 0 bridgehead atoms. The molecular formula is C13H29N3O. The molecule has 0 aromatic rings. The van der Waals surface area contributed by atoms with E-state index >= 15 is 0 Å². The summed E-state index contributed by atoms with van der Waals surface area (Å²) in [4.78, 5) is 14.0. The molecule has 4 nitrogen and oxygen atoms in total. The van der Waals surface area contributed by atoms with Crippen LogP contribution in [0.5, 0.6) is 0 Å². The molecule has 0 saturated carbocycles. The van der Waals surface area contributed by atoms with Crippen LogP contribution in [0.25, 0.3) is 0 Å². The van der Waals surface area contributed by atoms with Crippen LogP contribution < -0.4 is 10.6 Å². The van der Waals surface area contributed by atoms with Crippen LogP contribution in [-0.2, 0) is 4.79 Å². The van der Waals surface area contributed by atoms with Crippen LogP contribution in [0.3, 0.4) is 0 Å². The van der Waals surface area contributed by atoms with Gasteiger partial charge in [0.2, 0.25) is 5.91 Å². The van der Waals surface area contributed by atoms with Crippen LogP contribution in [0.4, 0.5) is 0 Å². The molecule has 0 spiro atoms. The quantitative estimate of drug-likeness (QED) is 0.599. The largest absolute Gasteiger partial charge is 0.352 e. The molecule has 0 aromatic heterocycles. The van der Waals surface area contributed by atoms with Crippen molar-refractivity contribution in [3.63, 3.8) is 0 Å². The van der Waals surface area contributed by atoms with E-state index in [4.69, 9.17) is 0 Å². The number of hydrogen-bond acceptors (Lipinski definition) is 3. The zero-order valence-electron chi connectivity index (χ0n) is 12.0. The van der Waals surface area contributed by atoms with Crippen molar-refractivity contribution in [3.8, 4) is 0 Å². The van der Waals surface area contributed by atoms with Gasteiger partial charge >= 0.3 is 0 Å². The van der Waals surface area contributed by atoms with E-state index in [0.717, 1.165) is 32.4 Å². The zero-order valence-corrected chi connectivity index (χ0v) is 12.0. The lowest BCUT2D eigenvalue weighted by Gasteiger charge is -2.19. The van der Waals surface area contributed by atoms with Crippen LogP contribution >= 0.6 is 0 Å². The summed E-state index contributed by atoms with van der Waals surface area (Å²) in [5.41, 5.74) is 0. The first-order chi connectivity index (χ1) is 8.01. The van der Waals surface area contributed by atoms with Gasteiger partial charge in [0.1, 0.15) is 0 Å². The third-order valence-electron chi connectivity index (χ3n) is 2.96. The number of nitrogens with one attached hydrogen (secondary N) is 2. The first-order valence-electron chi connectivity index (χ1n) is 6.69. The fraction of sp³-hybridized carbons (Fsp3) is 0.923. The second-order valence-corrected chi connectivity index (χ2v) is 4.85. The van der Waals surface area contributed by atoms with Gasteiger partial charge in [-0.1, -0.05) is 13.8 Å². The van der Waals surface area contributed by atoms with Gasteiger partial charge in [0, 0.05) is 6.04 Å². The van der Waals surface area contributed by atoms with Gasteiger partial charge in [0.05, 0.1) is 6.04 Å². The highest BCUT2D eigenvalue weighted by atomic mass is 16.2. The summed E-state index contributed by atoms with van der Waals surface area (Å²) < 4.78 is 0. The Morgan fingerprint density at radius 1 is 1.24 bits per heavy atom. The van der Waals surface area contributed by atoms with Gasteiger partial charge in [-0.15, -0.1) is 0 Å². The van der Waals surface area contributed by atoms with Crippen molar-refractivity contribution in [2.45, 2.75) is 52.1 Å². The normalized spacial score (nSPS) is 13.1. The minimum atomic E-state index is -0.0993. The third kappa shape index (κ3) is 8.16. The van der Waals surface area contributed by atoms with Crippen LogP contribution in [0.2, 0.25) is 0 Å². The van der Waals surface area contributed by atoms with E-state index in [2.05, 4.69) is 43.5 Å². The van der Waals surface area contributed by atoms with E-state index in [9.17, 15) is 4.79 Å². The number of hydrogen-bond donors (Lipinski definition) is 2. The topological polar surface area (TPSA) is 44.4 Å². The summed E-state index contributed by atoms with van der Waals surface area (Å²) in [6.45, 7) is 8.06. The molecule has 0 heterocycles. The minimum absolute atomic E-state index is 0.0993. The Labute approximate surface area is 106 Å². The van der Waals surface area contributed by atoms with Crippen LogP contribution in [0, 0.1) is 0 Å². The number of amides is 1. The number of nitrogens with zero attached hydrogens (tertiary/aromatic N) is 1. The molecule has 0 aliphatic rings. The van der Waals surface area contributed by atoms with Crippen molar-refractivity contribution in [2.24, 2.45) is 0 Å². The summed E-state index contributed by atoms with van der Waals surface area (Å²) in [6.07, 6.45) is 3.06. The van der Waals surface area contributed by atoms with Crippen LogP contribution in [-0.4, -0.2) is 50.1 Å². The summed E-state index contributed by atoms with van der Waals surface area (Å²) in [7, 11) is 4.12. The van der Waals surface area contributed by atoms with Gasteiger partial charge in [-0.2, -0.15) is 0 Å². The van der Waals surface area contributed by atoms with Gasteiger partial charge in [0.25, 0.3) is 0 Å². The van der Waals surface area contributed by atoms with Crippen molar-refractivity contribution in [1.82, 2.24) is 15.5 Å². The summed E-state index contributed by atoms with van der Waals surface area (Å²) in [5, 5.41) is 6.31. The molecule has 17 heavy (non-hydrogen) atoms. The van der Waals surface area contributed by atoms with E-state index in [1.807, 2.05) is 6.92 Å². The van der Waals surface area contributed by atoms with Crippen LogP contribution in [0.15, 0.2) is 0 Å². The molecule has 0 aromatic carbocycles. The number of carbonyl (C=O) groups excluding carboxylic acids is 1. The monoisotopic (exact) mass is 243 g/mol. The average molecular weight is 243 g/mol. The highest BCUT2D eigenvalue weighted by Crippen LogP contribution is 1.97. The van der Waals surface area contributed by atoms with Crippen molar-refractivity contribution in [2.75, 3.05) is 27.2 Å². The Bertz CT molecular complexity index is 203. The highest BCUT2D eigenvalue weighted by Gasteiger charge is 2.14. The van der Waals surface area contributed by atoms with E-state index in [-0.39, 0.29) is 11.9 Å². The molecule has 0 rings (SSSR count). The summed E-state index contributed by atoms with van der Waals surface area (Å²) in [5.74, 6) is 0.114. The number of rotatable bonds is 9. The molecule has 1 atom stereocenters. The predicted octanol–water partition coefficient (Wildman–Crippen LogP) is 1.22. The van der Waals surface area contributed by atoms with Gasteiger partial charge in [-0.3, -0.25) is 4.79 Å². The lowest BCUT2D eigenvalue weighted by Crippen LogP contribution is -2.46. The predicted molar refractivity (Wildman–Crippen MR) is 73.1 cm³/mol. The maximum absolute atomic E-state index is 11.8. The van der Waals surface area contributed by atoms with Gasteiger partial charge < -0.3 is 15.5 Å². The standard InChI is InChI=1S/C13H29N3O/c1-6-12(7-2)15-13(17)11(3)14-9-8-10-16(4)5/h11-12,14H,6-10H2,1-5H3,(H,15,17). The molecule has 0 saturated heterocycles. The van der Waals surface area contributed by atoms with Gasteiger partial charge in [-0.25, -0.2) is 0 Å². The van der Waals surface area contributed by atoms with E-state index in [1.165, 1.54) is 0 Å². The van der Waals surface area contributed by atoms with Crippen molar-refractivity contribution < 1.29 is 4.79 Å². The van der Waals surface area contributed by atoms with Gasteiger partial charge in [-0.05, 0) is 53.4 Å². The Kier molecular flexibility index (Phi) is 9.09. The molecule has 0 aliphatic carbocycles. The van der Waals surface area contributed by atoms with Gasteiger partial charge in [0.15, 0.2) is 0 Å². The van der Waals surface area contributed by atoms with Crippen LogP contribution in [0.1, 0.15) is 40.0 Å². The maximum atomic E-state index is 11.8. The molecule has 1 amide bonds. The molecule has 0 fully saturated rings. The minimum Gasteiger partial charge on any atom is -0.352 e. The molecule has 0 radical (unpaired) electrons. The van der Waals surface area contributed by atoms with E-state index in [0.29, 0.717) is 6.04 Å². The first-order valence-corrected chi connectivity index (χ1v) is 6.69. The zero-order chi connectivity index (χ0) is 13.3. The lowest BCUT2D eigenvalue weighted by molar-refractivity contribution is -0.123. The highest BCUT2D eigenvalue weighted by molar-refractivity contribution is 5.81. The smallest absolute Gasteiger partial charge is 0.237 e. The van der Waals surface area contributed by atoms with E-state index in [1.54, 1.807) is 0 Å². The Morgan fingerprint density at radius 3 is 2.29 bits per heavy atom. The summed E-state index contributed by atoms with van der Waals surface area (Å²) in [6, 6.07) is 0.214. The molecule has 102 valence electrons. The van der Waals surface area contributed by atoms with E-state index < -0.39 is 0 Å². The second kappa shape index (κ2) is 9.42. The molecule has 0 aliphatic heterocycles. The fourth-order valence-electron chi connectivity index (χ4n) is 1.63. The number of carbonyl (C=O) groups is 1. The Hall–Kier alpha value is -0.610. The first kappa shape index (κ1) is 16.4. The molecular weight excluding hydrogens is 214 g/mol. The third-order valence-corrected chi connectivity index (χ3v) is 2.96. The van der Waals surface area contributed by atoms with Crippen molar-refractivity contribution in [3.05, 3.63) is 0 Å². The summed E-state index contributed by atoms with van der Waals surface area (Å²) >= 11 is 0. The Balaban J connectivity index is 3.74. The molecule has 1 unspecified atom stereocenters. The Morgan fingerprint density at radius 2 is 1.82 bits per heavy atom. The van der Waals surface area contributed by atoms with Crippen molar-refractivity contribution >= 4 is 5.91 Å². The molecule has 4 heteroatoms.